The number of rotatable bonds is 6. The smallest absolute Gasteiger partial charge is 0.238 e. The van der Waals surface area contributed by atoms with Crippen molar-refractivity contribution in [1.82, 2.24) is 9.97 Å². The maximum atomic E-state index is 12.5. The van der Waals surface area contributed by atoms with E-state index in [4.69, 9.17) is 27.9 Å². The predicted octanol–water partition coefficient (Wildman–Crippen LogP) is 6.55. The van der Waals surface area contributed by atoms with Gasteiger partial charge in [-0.05, 0) is 29.6 Å². The summed E-state index contributed by atoms with van der Waals surface area (Å²) >= 11 is 15.1. The first-order valence-electron chi connectivity index (χ1n) is 8.44. The first kappa shape index (κ1) is 19.8. The number of pyridine rings is 1. The molecule has 1 amide bonds. The van der Waals surface area contributed by atoms with Crippen molar-refractivity contribution in [2.75, 3.05) is 5.32 Å². The van der Waals surface area contributed by atoms with Crippen LogP contribution in [-0.4, -0.2) is 15.9 Å². The molecule has 0 unspecified atom stereocenters. The SMILES string of the molecule is O=C(Cc1csc(-c2cccs2)n1)Nc1ccccc1Oc1ncc(Cl)cc1Cl. The van der Waals surface area contributed by atoms with E-state index >= 15 is 0 Å². The highest BCUT2D eigenvalue weighted by Crippen LogP contribution is 2.33. The van der Waals surface area contributed by atoms with Crippen molar-refractivity contribution >= 4 is 57.5 Å². The maximum Gasteiger partial charge on any atom is 0.238 e. The molecule has 0 fully saturated rings. The first-order chi connectivity index (χ1) is 14.1. The van der Waals surface area contributed by atoms with Gasteiger partial charge in [0.05, 0.1) is 27.7 Å². The van der Waals surface area contributed by atoms with Gasteiger partial charge in [0.2, 0.25) is 11.8 Å². The van der Waals surface area contributed by atoms with Crippen molar-refractivity contribution in [3.05, 3.63) is 75.2 Å². The third-order valence-electron chi connectivity index (χ3n) is 3.77. The molecule has 146 valence electrons. The van der Waals surface area contributed by atoms with E-state index in [1.54, 1.807) is 41.7 Å². The standard InChI is InChI=1S/C20H13Cl2N3O2S2/c21-12-8-14(22)19(23-10-12)27-16-5-2-1-4-15(16)25-18(26)9-13-11-29-20(24-13)17-6-3-7-28-17/h1-8,10-11H,9H2,(H,25,26). The fourth-order valence-electron chi connectivity index (χ4n) is 2.50. The molecule has 1 aromatic carbocycles. The second-order valence-electron chi connectivity index (χ2n) is 5.88. The van der Waals surface area contributed by atoms with E-state index in [0.29, 0.717) is 16.5 Å². The second-order valence-corrected chi connectivity index (χ2v) is 8.53. The minimum Gasteiger partial charge on any atom is -0.435 e. The normalized spacial score (nSPS) is 10.7. The van der Waals surface area contributed by atoms with Gasteiger partial charge in [0, 0.05) is 11.6 Å². The van der Waals surface area contributed by atoms with Crippen LogP contribution in [0, 0.1) is 0 Å². The van der Waals surface area contributed by atoms with Crippen LogP contribution >= 0.6 is 45.9 Å². The van der Waals surface area contributed by atoms with Crippen LogP contribution < -0.4 is 10.1 Å². The lowest BCUT2D eigenvalue weighted by molar-refractivity contribution is -0.115. The molecule has 0 aliphatic rings. The zero-order valence-electron chi connectivity index (χ0n) is 14.8. The molecule has 5 nitrogen and oxygen atoms in total. The van der Waals surface area contributed by atoms with Crippen molar-refractivity contribution in [1.29, 1.82) is 0 Å². The molecular formula is C20H13Cl2N3O2S2. The zero-order valence-corrected chi connectivity index (χ0v) is 17.9. The monoisotopic (exact) mass is 461 g/mol. The molecule has 0 saturated carbocycles. The van der Waals surface area contributed by atoms with E-state index in [0.717, 1.165) is 15.6 Å². The molecular weight excluding hydrogens is 449 g/mol. The number of thiazole rings is 1. The Bertz CT molecular complexity index is 1150. The van der Waals surface area contributed by atoms with Crippen LogP contribution in [0.2, 0.25) is 10.0 Å². The van der Waals surface area contributed by atoms with Gasteiger partial charge in [-0.1, -0.05) is 41.4 Å². The highest BCUT2D eigenvalue weighted by atomic mass is 35.5. The average Bonchev–Trinajstić information content (AvgIpc) is 3.37. The molecule has 9 heteroatoms. The van der Waals surface area contributed by atoms with Crippen LogP contribution in [0.15, 0.2) is 59.4 Å². The van der Waals surface area contributed by atoms with Gasteiger partial charge in [0.25, 0.3) is 0 Å². The van der Waals surface area contributed by atoms with Crippen LogP contribution in [0.4, 0.5) is 5.69 Å². The maximum absolute atomic E-state index is 12.5. The Balaban J connectivity index is 1.46. The third-order valence-corrected chi connectivity index (χ3v) is 6.17. The summed E-state index contributed by atoms with van der Waals surface area (Å²) in [4.78, 5) is 22.2. The number of benzene rings is 1. The minimum atomic E-state index is -0.195. The fraction of sp³-hybridized carbons (Fsp3) is 0.0500. The second kappa shape index (κ2) is 8.92. The number of para-hydroxylation sites is 2. The van der Waals surface area contributed by atoms with Crippen molar-refractivity contribution in [2.45, 2.75) is 6.42 Å². The Hall–Kier alpha value is -2.45. The van der Waals surface area contributed by atoms with Crippen LogP contribution in [0.5, 0.6) is 11.6 Å². The third kappa shape index (κ3) is 4.94. The van der Waals surface area contributed by atoms with Gasteiger partial charge in [0.1, 0.15) is 10.0 Å². The average molecular weight is 462 g/mol. The van der Waals surface area contributed by atoms with Gasteiger partial charge in [-0.15, -0.1) is 22.7 Å². The number of carbonyl (C=O) groups is 1. The number of nitrogens with zero attached hydrogens (tertiary/aromatic N) is 2. The fourth-order valence-corrected chi connectivity index (χ4v) is 4.55. The van der Waals surface area contributed by atoms with Gasteiger partial charge >= 0.3 is 0 Å². The topological polar surface area (TPSA) is 64.1 Å². The number of aromatic nitrogens is 2. The van der Waals surface area contributed by atoms with Gasteiger partial charge in [0.15, 0.2) is 5.75 Å². The summed E-state index contributed by atoms with van der Waals surface area (Å²) in [6.45, 7) is 0. The van der Waals surface area contributed by atoms with Crippen LogP contribution in [0.1, 0.15) is 5.69 Å². The van der Waals surface area contributed by atoms with E-state index in [-0.39, 0.29) is 23.2 Å². The van der Waals surface area contributed by atoms with Gasteiger partial charge in [-0.3, -0.25) is 4.79 Å². The Labute approximate surface area is 184 Å². The molecule has 0 atom stereocenters. The molecule has 0 aliphatic carbocycles. The molecule has 0 saturated heterocycles. The number of halogens is 2. The van der Waals surface area contributed by atoms with Gasteiger partial charge in [-0.25, -0.2) is 9.97 Å². The number of amides is 1. The predicted molar refractivity (Wildman–Crippen MR) is 119 cm³/mol. The zero-order chi connectivity index (χ0) is 20.2. The molecule has 3 heterocycles. The van der Waals surface area contributed by atoms with Crippen LogP contribution in [0.3, 0.4) is 0 Å². The molecule has 1 N–H and O–H groups in total. The number of anilines is 1. The molecule has 4 aromatic rings. The number of ether oxygens (including phenoxy) is 1. The lowest BCUT2D eigenvalue weighted by Gasteiger charge is -2.12. The number of carbonyl (C=O) groups excluding carboxylic acids is 1. The van der Waals surface area contributed by atoms with E-state index in [1.165, 1.54) is 17.5 Å². The number of nitrogens with one attached hydrogen (secondary N) is 1. The Morgan fingerprint density at radius 2 is 2.00 bits per heavy atom. The molecule has 4 rings (SSSR count). The Morgan fingerprint density at radius 3 is 2.79 bits per heavy atom. The summed E-state index contributed by atoms with van der Waals surface area (Å²) < 4.78 is 5.77. The highest BCUT2D eigenvalue weighted by molar-refractivity contribution is 7.20. The number of hydrogen-bond donors (Lipinski definition) is 1. The molecule has 0 radical (unpaired) electrons. The number of thiophene rings is 1. The van der Waals surface area contributed by atoms with E-state index < -0.39 is 0 Å². The van der Waals surface area contributed by atoms with Crippen molar-refractivity contribution < 1.29 is 9.53 Å². The Morgan fingerprint density at radius 1 is 1.14 bits per heavy atom. The van der Waals surface area contributed by atoms with E-state index in [2.05, 4.69) is 15.3 Å². The molecule has 0 aliphatic heterocycles. The summed E-state index contributed by atoms with van der Waals surface area (Å²) in [6.07, 6.45) is 1.60. The largest absolute Gasteiger partial charge is 0.435 e. The van der Waals surface area contributed by atoms with E-state index in [1.807, 2.05) is 22.9 Å². The van der Waals surface area contributed by atoms with Crippen molar-refractivity contribution in [3.63, 3.8) is 0 Å². The van der Waals surface area contributed by atoms with Crippen LogP contribution in [0.25, 0.3) is 9.88 Å². The van der Waals surface area contributed by atoms with Crippen molar-refractivity contribution in [3.8, 4) is 21.5 Å². The van der Waals surface area contributed by atoms with Gasteiger partial charge in [-0.2, -0.15) is 0 Å². The molecule has 0 spiro atoms. The summed E-state index contributed by atoms with van der Waals surface area (Å²) in [7, 11) is 0. The quantitative estimate of drug-likeness (QED) is 0.353. The lowest BCUT2D eigenvalue weighted by Crippen LogP contribution is -2.15. The molecule has 0 bridgehead atoms. The summed E-state index contributed by atoms with van der Waals surface area (Å²) in [5.41, 5.74) is 1.23. The van der Waals surface area contributed by atoms with E-state index in [9.17, 15) is 4.79 Å². The Kier molecular flexibility index (Phi) is 6.10. The lowest BCUT2D eigenvalue weighted by atomic mass is 10.2. The molecule has 3 aromatic heterocycles. The summed E-state index contributed by atoms with van der Waals surface area (Å²) in [6, 6.07) is 12.6. The van der Waals surface area contributed by atoms with Crippen molar-refractivity contribution in [2.24, 2.45) is 0 Å². The number of hydrogen-bond acceptors (Lipinski definition) is 6. The highest BCUT2D eigenvalue weighted by Gasteiger charge is 2.14. The summed E-state index contributed by atoms with van der Waals surface area (Å²) in [5.74, 6) is 0.437. The van der Waals surface area contributed by atoms with Crippen LogP contribution in [-0.2, 0) is 11.2 Å². The molecule has 29 heavy (non-hydrogen) atoms. The minimum absolute atomic E-state index is 0.163. The summed E-state index contributed by atoms with van der Waals surface area (Å²) in [5, 5.41) is 8.36. The van der Waals surface area contributed by atoms with Gasteiger partial charge < -0.3 is 10.1 Å². The first-order valence-corrected chi connectivity index (χ1v) is 11.0.